The molecule has 5 nitrogen and oxygen atoms in total. The van der Waals surface area contributed by atoms with Crippen LogP contribution in [0.25, 0.3) is 0 Å². The Hall–Kier alpha value is -2.01. The van der Waals surface area contributed by atoms with Gasteiger partial charge in [0.05, 0.1) is 26.2 Å². The molecule has 0 bridgehead atoms. The molecular weight excluding hydrogens is 256 g/mol. The molecule has 0 saturated carbocycles. The first-order valence-electron chi connectivity index (χ1n) is 6.66. The third-order valence-corrected chi connectivity index (χ3v) is 2.51. The summed E-state index contributed by atoms with van der Waals surface area (Å²) in [5.74, 6) is 0.660. The highest BCUT2D eigenvalue weighted by atomic mass is 16.5. The van der Waals surface area contributed by atoms with Crippen molar-refractivity contribution in [3.8, 4) is 5.75 Å². The van der Waals surface area contributed by atoms with Crippen molar-refractivity contribution in [2.75, 3.05) is 32.1 Å². The largest absolute Gasteiger partial charge is 0.493 e. The molecule has 0 spiro atoms. The minimum atomic E-state index is -0.0484. The molecule has 0 atom stereocenters. The fourth-order valence-corrected chi connectivity index (χ4v) is 1.45. The lowest BCUT2D eigenvalue weighted by molar-refractivity contribution is -0.121. The molecule has 0 unspecified atom stereocenters. The number of carbonyl (C=O) groups is 1. The van der Waals surface area contributed by atoms with Gasteiger partial charge in [-0.3, -0.25) is 4.79 Å². The Bertz CT molecular complexity index is 404. The highest BCUT2D eigenvalue weighted by Crippen LogP contribution is 2.12. The van der Waals surface area contributed by atoms with Crippen LogP contribution in [0.15, 0.2) is 36.9 Å². The van der Waals surface area contributed by atoms with Crippen LogP contribution in [0, 0.1) is 0 Å². The molecule has 1 rings (SSSR count). The first-order chi connectivity index (χ1) is 9.72. The van der Waals surface area contributed by atoms with E-state index in [4.69, 9.17) is 15.2 Å². The molecule has 0 heterocycles. The van der Waals surface area contributed by atoms with E-state index in [1.807, 2.05) is 0 Å². The van der Waals surface area contributed by atoms with Gasteiger partial charge in [0.25, 0.3) is 0 Å². The van der Waals surface area contributed by atoms with Crippen molar-refractivity contribution in [1.82, 2.24) is 5.32 Å². The van der Waals surface area contributed by atoms with Crippen LogP contribution < -0.4 is 15.8 Å². The maximum atomic E-state index is 11.5. The normalized spacial score (nSPS) is 10.0. The van der Waals surface area contributed by atoms with Crippen molar-refractivity contribution in [2.45, 2.75) is 12.8 Å². The van der Waals surface area contributed by atoms with E-state index in [0.717, 1.165) is 6.42 Å². The summed E-state index contributed by atoms with van der Waals surface area (Å²) in [5, 5.41) is 2.77. The van der Waals surface area contributed by atoms with Crippen LogP contribution in [0.1, 0.15) is 12.8 Å². The number of anilines is 1. The molecule has 0 saturated heterocycles. The summed E-state index contributed by atoms with van der Waals surface area (Å²) >= 11 is 0. The quantitative estimate of drug-likeness (QED) is 0.388. The lowest BCUT2D eigenvalue weighted by Gasteiger charge is -2.07. The molecule has 110 valence electrons. The highest BCUT2D eigenvalue weighted by Gasteiger charge is 2.01. The van der Waals surface area contributed by atoms with Crippen LogP contribution in [0.5, 0.6) is 5.75 Å². The van der Waals surface area contributed by atoms with Crippen molar-refractivity contribution in [1.29, 1.82) is 0 Å². The summed E-state index contributed by atoms with van der Waals surface area (Å²) in [4.78, 5) is 11.5. The Labute approximate surface area is 119 Å². The zero-order valence-corrected chi connectivity index (χ0v) is 11.6. The van der Waals surface area contributed by atoms with E-state index in [0.29, 0.717) is 44.2 Å². The number of nitrogen functional groups attached to an aromatic ring is 1. The summed E-state index contributed by atoms with van der Waals surface area (Å²) in [5.41, 5.74) is 6.25. The third kappa shape index (κ3) is 7.43. The Morgan fingerprint density at radius 1 is 1.25 bits per heavy atom. The molecule has 1 amide bonds. The second-order valence-corrected chi connectivity index (χ2v) is 4.21. The van der Waals surface area contributed by atoms with Crippen molar-refractivity contribution < 1.29 is 14.3 Å². The van der Waals surface area contributed by atoms with Crippen molar-refractivity contribution >= 4 is 11.6 Å². The average molecular weight is 278 g/mol. The number of ether oxygens (including phenoxy) is 2. The number of carbonyl (C=O) groups excluding carboxylic acids is 1. The van der Waals surface area contributed by atoms with Gasteiger partial charge in [-0.1, -0.05) is 6.08 Å². The van der Waals surface area contributed by atoms with Gasteiger partial charge in [0.15, 0.2) is 0 Å². The highest BCUT2D eigenvalue weighted by molar-refractivity contribution is 5.75. The fraction of sp³-hybridized carbons (Fsp3) is 0.400. The Balaban J connectivity index is 2.02. The molecule has 5 heteroatoms. The van der Waals surface area contributed by atoms with Crippen LogP contribution in [0.3, 0.4) is 0 Å². The maximum absolute atomic E-state index is 11.5. The van der Waals surface area contributed by atoms with E-state index in [1.165, 1.54) is 0 Å². The standard InChI is InChI=1S/C15H22N2O3/c1-2-3-10-19-12-9-17-15(18)8-11-20-14-6-4-13(16)5-7-14/h2,4-7H,1,3,8-12,16H2,(H,17,18). The number of hydrogen-bond donors (Lipinski definition) is 2. The topological polar surface area (TPSA) is 73.6 Å². The molecule has 20 heavy (non-hydrogen) atoms. The summed E-state index contributed by atoms with van der Waals surface area (Å²) in [6.45, 7) is 5.60. The first-order valence-corrected chi connectivity index (χ1v) is 6.66. The number of rotatable bonds is 10. The summed E-state index contributed by atoms with van der Waals surface area (Å²) in [7, 11) is 0. The molecule has 0 aromatic heterocycles. The van der Waals surface area contributed by atoms with Gasteiger partial charge in [0.2, 0.25) is 5.91 Å². The number of amides is 1. The predicted octanol–water partition coefficient (Wildman–Crippen LogP) is 1.75. The number of benzene rings is 1. The predicted molar refractivity (Wildman–Crippen MR) is 79.6 cm³/mol. The van der Waals surface area contributed by atoms with E-state index < -0.39 is 0 Å². The summed E-state index contributed by atoms with van der Waals surface area (Å²) in [6.07, 6.45) is 2.94. The van der Waals surface area contributed by atoms with Gasteiger partial charge in [-0.25, -0.2) is 0 Å². The summed E-state index contributed by atoms with van der Waals surface area (Å²) < 4.78 is 10.7. The first kappa shape index (κ1) is 16.0. The fourth-order valence-electron chi connectivity index (χ4n) is 1.45. The third-order valence-electron chi connectivity index (χ3n) is 2.51. The molecule has 3 N–H and O–H groups in total. The van der Waals surface area contributed by atoms with Crippen LogP contribution in [0.2, 0.25) is 0 Å². The second-order valence-electron chi connectivity index (χ2n) is 4.21. The molecule has 0 aliphatic rings. The minimum Gasteiger partial charge on any atom is -0.493 e. The Morgan fingerprint density at radius 2 is 2.00 bits per heavy atom. The molecule has 0 fully saturated rings. The zero-order chi connectivity index (χ0) is 14.6. The van der Waals surface area contributed by atoms with Gasteiger partial charge in [0, 0.05) is 12.2 Å². The lowest BCUT2D eigenvalue weighted by Crippen LogP contribution is -2.28. The van der Waals surface area contributed by atoms with Gasteiger partial charge >= 0.3 is 0 Å². The molecule has 0 aliphatic heterocycles. The van der Waals surface area contributed by atoms with E-state index in [1.54, 1.807) is 30.3 Å². The second kappa shape index (κ2) is 9.86. The molecular formula is C15H22N2O3. The average Bonchev–Trinajstić information content (AvgIpc) is 2.45. The van der Waals surface area contributed by atoms with Crippen molar-refractivity contribution in [3.05, 3.63) is 36.9 Å². The van der Waals surface area contributed by atoms with Gasteiger partial charge in [-0.2, -0.15) is 0 Å². The molecule has 1 aromatic carbocycles. The van der Waals surface area contributed by atoms with E-state index >= 15 is 0 Å². The van der Waals surface area contributed by atoms with E-state index in [2.05, 4.69) is 11.9 Å². The van der Waals surface area contributed by atoms with E-state index in [9.17, 15) is 4.79 Å². The number of hydrogen-bond acceptors (Lipinski definition) is 4. The van der Waals surface area contributed by atoms with Crippen molar-refractivity contribution in [2.24, 2.45) is 0 Å². The Morgan fingerprint density at radius 3 is 2.70 bits per heavy atom. The maximum Gasteiger partial charge on any atom is 0.223 e. The van der Waals surface area contributed by atoms with Gasteiger partial charge in [-0.05, 0) is 30.7 Å². The van der Waals surface area contributed by atoms with Gasteiger partial charge in [-0.15, -0.1) is 6.58 Å². The molecule has 0 aliphatic carbocycles. The molecule has 0 radical (unpaired) electrons. The van der Waals surface area contributed by atoms with E-state index in [-0.39, 0.29) is 5.91 Å². The Kier molecular flexibility index (Phi) is 7.91. The number of nitrogens with two attached hydrogens (primary N) is 1. The van der Waals surface area contributed by atoms with Gasteiger partial charge < -0.3 is 20.5 Å². The SMILES string of the molecule is C=CCCOCCNC(=O)CCOc1ccc(N)cc1. The lowest BCUT2D eigenvalue weighted by atomic mass is 10.3. The monoisotopic (exact) mass is 278 g/mol. The molecule has 1 aromatic rings. The number of nitrogens with one attached hydrogen (secondary N) is 1. The smallest absolute Gasteiger partial charge is 0.223 e. The summed E-state index contributed by atoms with van der Waals surface area (Å²) in [6, 6.07) is 7.08. The van der Waals surface area contributed by atoms with Crippen LogP contribution in [-0.2, 0) is 9.53 Å². The van der Waals surface area contributed by atoms with Gasteiger partial charge in [0.1, 0.15) is 5.75 Å². The van der Waals surface area contributed by atoms with Crippen molar-refractivity contribution in [3.63, 3.8) is 0 Å². The zero-order valence-electron chi connectivity index (χ0n) is 11.6. The van der Waals surface area contributed by atoms with Crippen LogP contribution in [0.4, 0.5) is 5.69 Å². The van der Waals surface area contributed by atoms with Crippen LogP contribution >= 0.6 is 0 Å². The minimum absolute atomic E-state index is 0.0484. The van der Waals surface area contributed by atoms with Crippen LogP contribution in [-0.4, -0.2) is 32.3 Å².